The van der Waals surface area contributed by atoms with Crippen molar-refractivity contribution in [1.29, 1.82) is 0 Å². The standard InChI is InChI=1S/C27H34N2O7/c1-28-9-11-29(12-10-28)27(31)36-23-8-6-19(16-25(23)34-4)14-21-20(17-35-26(21)30)13-18-5-7-22(32-2)24(15-18)33-3/h5-8,15-16,20-21H,9-14,17H2,1-4H3/t20-,21+/m0/s1. The van der Waals surface area contributed by atoms with Crippen LogP contribution in [0.2, 0.25) is 0 Å². The Labute approximate surface area is 211 Å². The fourth-order valence-corrected chi connectivity index (χ4v) is 4.69. The third kappa shape index (κ3) is 5.84. The van der Waals surface area contributed by atoms with E-state index in [0.29, 0.717) is 55.5 Å². The number of carbonyl (C=O) groups is 2. The molecule has 2 atom stereocenters. The van der Waals surface area contributed by atoms with Gasteiger partial charge in [0.1, 0.15) is 0 Å². The molecule has 0 N–H and O–H groups in total. The monoisotopic (exact) mass is 498 g/mol. The Balaban J connectivity index is 1.43. The predicted molar refractivity (Wildman–Crippen MR) is 133 cm³/mol. The summed E-state index contributed by atoms with van der Waals surface area (Å²) in [5.74, 6) is 1.67. The molecule has 2 fully saturated rings. The molecule has 0 saturated carbocycles. The van der Waals surface area contributed by atoms with E-state index in [2.05, 4.69) is 4.90 Å². The minimum atomic E-state index is -0.386. The summed E-state index contributed by atoms with van der Waals surface area (Å²) in [7, 11) is 6.77. The normalized spacial score (nSPS) is 20.1. The van der Waals surface area contributed by atoms with E-state index in [9.17, 15) is 9.59 Å². The zero-order valence-electron chi connectivity index (χ0n) is 21.3. The van der Waals surface area contributed by atoms with Crippen molar-refractivity contribution < 1.29 is 33.3 Å². The lowest BCUT2D eigenvalue weighted by atomic mass is 9.85. The van der Waals surface area contributed by atoms with E-state index in [-0.39, 0.29) is 23.9 Å². The van der Waals surface area contributed by atoms with Crippen molar-refractivity contribution in [2.45, 2.75) is 12.8 Å². The summed E-state index contributed by atoms with van der Waals surface area (Å²) >= 11 is 0. The lowest BCUT2D eigenvalue weighted by Gasteiger charge is -2.31. The number of cyclic esters (lactones) is 1. The highest BCUT2D eigenvalue weighted by Gasteiger charge is 2.37. The molecule has 2 heterocycles. The van der Waals surface area contributed by atoms with Crippen LogP contribution in [-0.4, -0.2) is 83.0 Å². The average molecular weight is 499 g/mol. The predicted octanol–water partition coefficient (Wildman–Crippen LogP) is 3.03. The Morgan fingerprint density at radius 1 is 0.861 bits per heavy atom. The maximum absolute atomic E-state index is 12.6. The number of ether oxygens (including phenoxy) is 5. The van der Waals surface area contributed by atoms with E-state index in [1.807, 2.05) is 37.4 Å². The van der Waals surface area contributed by atoms with Crippen molar-refractivity contribution in [3.05, 3.63) is 47.5 Å². The first-order valence-corrected chi connectivity index (χ1v) is 12.1. The van der Waals surface area contributed by atoms with E-state index in [0.717, 1.165) is 24.2 Å². The second kappa shape index (κ2) is 11.5. The van der Waals surface area contributed by atoms with E-state index in [1.54, 1.807) is 25.2 Å². The highest BCUT2D eigenvalue weighted by molar-refractivity contribution is 5.75. The SMILES string of the molecule is COc1ccc(C[C@H]2COC(=O)[C@@H]2Cc2ccc(OC(=O)N3CCN(C)CC3)c(OC)c2)cc1OC. The second-order valence-corrected chi connectivity index (χ2v) is 9.24. The molecule has 2 aliphatic rings. The molecule has 0 spiro atoms. The Morgan fingerprint density at radius 2 is 1.44 bits per heavy atom. The number of carbonyl (C=O) groups excluding carboxylic acids is 2. The fourth-order valence-electron chi connectivity index (χ4n) is 4.69. The molecule has 9 nitrogen and oxygen atoms in total. The average Bonchev–Trinajstić information content (AvgIpc) is 3.23. The van der Waals surface area contributed by atoms with Crippen LogP contribution in [0.25, 0.3) is 0 Å². The number of hydrogen-bond donors (Lipinski definition) is 0. The van der Waals surface area contributed by atoms with Gasteiger partial charge in [-0.2, -0.15) is 0 Å². The topological polar surface area (TPSA) is 86.8 Å². The maximum atomic E-state index is 12.6. The summed E-state index contributed by atoms with van der Waals surface area (Å²) in [4.78, 5) is 29.1. The Hall–Kier alpha value is -3.46. The molecule has 4 rings (SSSR count). The molecule has 0 radical (unpaired) electrons. The van der Waals surface area contributed by atoms with Gasteiger partial charge < -0.3 is 33.5 Å². The van der Waals surface area contributed by atoms with E-state index in [4.69, 9.17) is 23.7 Å². The van der Waals surface area contributed by atoms with Gasteiger partial charge in [0.05, 0.1) is 33.9 Å². The third-order valence-electron chi connectivity index (χ3n) is 6.90. The van der Waals surface area contributed by atoms with Crippen LogP contribution in [0.15, 0.2) is 36.4 Å². The van der Waals surface area contributed by atoms with Gasteiger partial charge in [0, 0.05) is 32.1 Å². The number of amides is 1. The Morgan fingerprint density at radius 3 is 2.08 bits per heavy atom. The van der Waals surface area contributed by atoms with Crippen LogP contribution in [0.5, 0.6) is 23.0 Å². The number of piperazine rings is 1. The fraction of sp³-hybridized carbons (Fsp3) is 0.481. The molecule has 194 valence electrons. The summed E-state index contributed by atoms with van der Waals surface area (Å²) in [5.41, 5.74) is 1.96. The molecule has 0 unspecified atom stereocenters. The van der Waals surface area contributed by atoms with Crippen LogP contribution in [0.1, 0.15) is 11.1 Å². The van der Waals surface area contributed by atoms with Gasteiger partial charge >= 0.3 is 12.1 Å². The Kier molecular flexibility index (Phi) is 8.20. The van der Waals surface area contributed by atoms with Crippen LogP contribution in [-0.2, 0) is 22.4 Å². The first-order chi connectivity index (χ1) is 17.4. The molecule has 0 aromatic heterocycles. The van der Waals surface area contributed by atoms with Crippen molar-refractivity contribution in [2.24, 2.45) is 11.8 Å². The van der Waals surface area contributed by atoms with Crippen molar-refractivity contribution >= 4 is 12.1 Å². The lowest BCUT2D eigenvalue weighted by Crippen LogP contribution is -2.48. The number of rotatable bonds is 8. The van der Waals surface area contributed by atoms with Crippen molar-refractivity contribution in [3.63, 3.8) is 0 Å². The molecule has 1 amide bonds. The molecular weight excluding hydrogens is 464 g/mol. The van der Waals surface area contributed by atoms with Gasteiger partial charge in [-0.3, -0.25) is 4.79 Å². The van der Waals surface area contributed by atoms with Crippen LogP contribution >= 0.6 is 0 Å². The number of methoxy groups -OCH3 is 3. The van der Waals surface area contributed by atoms with Crippen molar-refractivity contribution in [1.82, 2.24) is 9.80 Å². The van der Waals surface area contributed by atoms with Gasteiger partial charge in [0.25, 0.3) is 0 Å². The molecule has 2 aromatic carbocycles. The smallest absolute Gasteiger partial charge is 0.415 e. The van der Waals surface area contributed by atoms with Crippen molar-refractivity contribution in [2.75, 3.05) is 61.2 Å². The van der Waals surface area contributed by atoms with E-state index in [1.165, 1.54) is 7.11 Å². The molecule has 0 aliphatic carbocycles. The minimum Gasteiger partial charge on any atom is -0.493 e. The lowest BCUT2D eigenvalue weighted by molar-refractivity contribution is -0.141. The van der Waals surface area contributed by atoms with Gasteiger partial charge in [0.15, 0.2) is 23.0 Å². The quantitative estimate of drug-likeness (QED) is 0.514. The van der Waals surface area contributed by atoms with E-state index < -0.39 is 0 Å². The highest BCUT2D eigenvalue weighted by Crippen LogP contribution is 2.35. The van der Waals surface area contributed by atoms with E-state index >= 15 is 0 Å². The zero-order chi connectivity index (χ0) is 25.7. The minimum absolute atomic E-state index is 0.0244. The summed E-state index contributed by atoms with van der Waals surface area (Å²) in [6, 6.07) is 11.2. The van der Waals surface area contributed by atoms with Gasteiger partial charge in [-0.15, -0.1) is 0 Å². The number of likely N-dealkylation sites (N-methyl/N-ethyl adjacent to an activating group) is 1. The number of esters is 1. The highest BCUT2D eigenvalue weighted by atomic mass is 16.6. The van der Waals surface area contributed by atoms with Gasteiger partial charge in [0.2, 0.25) is 0 Å². The second-order valence-electron chi connectivity index (χ2n) is 9.24. The third-order valence-corrected chi connectivity index (χ3v) is 6.90. The molecule has 9 heteroatoms. The maximum Gasteiger partial charge on any atom is 0.415 e. The summed E-state index contributed by atoms with van der Waals surface area (Å²) < 4.78 is 27.3. The molecule has 36 heavy (non-hydrogen) atoms. The van der Waals surface area contributed by atoms with Crippen LogP contribution in [0, 0.1) is 11.8 Å². The number of hydrogen-bond acceptors (Lipinski definition) is 8. The Bertz CT molecular complexity index is 1080. The zero-order valence-corrected chi connectivity index (χ0v) is 21.3. The molecule has 0 bridgehead atoms. The van der Waals surface area contributed by atoms with Crippen molar-refractivity contribution in [3.8, 4) is 23.0 Å². The van der Waals surface area contributed by atoms with Crippen LogP contribution in [0.4, 0.5) is 4.79 Å². The molecular formula is C27H34N2O7. The van der Waals surface area contributed by atoms with Gasteiger partial charge in [-0.05, 0) is 55.3 Å². The molecule has 2 aliphatic heterocycles. The summed E-state index contributed by atoms with van der Waals surface area (Å²) in [6.07, 6.45) is 0.789. The van der Waals surface area contributed by atoms with Gasteiger partial charge in [-0.1, -0.05) is 12.1 Å². The van der Waals surface area contributed by atoms with Crippen LogP contribution < -0.4 is 18.9 Å². The number of benzene rings is 2. The van der Waals surface area contributed by atoms with Crippen LogP contribution in [0.3, 0.4) is 0 Å². The first kappa shape index (κ1) is 25.6. The first-order valence-electron chi connectivity index (χ1n) is 12.1. The summed E-state index contributed by atoms with van der Waals surface area (Å²) in [5, 5.41) is 0. The largest absolute Gasteiger partial charge is 0.493 e. The molecule has 2 saturated heterocycles. The summed E-state index contributed by atoms with van der Waals surface area (Å²) in [6.45, 7) is 3.25. The molecule has 2 aromatic rings. The number of nitrogens with zero attached hydrogens (tertiary/aromatic N) is 2. The van der Waals surface area contributed by atoms with Gasteiger partial charge in [-0.25, -0.2) is 4.79 Å².